The monoisotopic (exact) mass is 356 g/mol. The smallest absolute Gasteiger partial charge is 0.161 e. The van der Waals surface area contributed by atoms with E-state index in [1.807, 2.05) is 17.8 Å². The molecule has 0 fully saturated rings. The second-order valence-corrected chi connectivity index (χ2v) is 5.52. The third-order valence-corrected chi connectivity index (χ3v) is 3.93. The summed E-state index contributed by atoms with van der Waals surface area (Å²) in [5, 5.41) is 3.04. The van der Waals surface area contributed by atoms with Crippen LogP contribution in [0.15, 0.2) is 29.0 Å². The lowest BCUT2D eigenvalue weighted by Crippen LogP contribution is -2.13. The Kier molecular flexibility index (Phi) is 4.72. The Morgan fingerprint density at radius 1 is 1.55 bits per heavy atom. The predicted octanol–water partition coefficient (Wildman–Crippen LogP) is 2.61. The molecule has 0 aliphatic carbocycles. The van der Waals surface area contributed by atoms with E-state index in [0.29, 0.717) is 24.2 Å². The van der Waals surface area contributed by atoms with E-state index < -0.39 is 5.82 Å². The van der Waals surface area contributed by atoms with Crippen molar-refractivity contribution in [2.75, 3.05) is 11.9 Å². The molecule has 0 saturated carbocycles. The molecule has 0 atom stereocenters. The molecule has 0 bridgehead atoms. The number of aromatic nitrogens is 2. The van der Waals surface area contributed by atoms with Gasteiger partial charge >= 0.3 is 0 Å². The molecule has 3 N–H and O–H groups in total. The Morgan fingerprint density at radius 3 is 2.90 bits per heavy atom. The minimum absolute atomic E-state index is 0.162. The maximum atomic E-state index is 14.1. The normalized spacial score (nSPS) is 10.6. The molecular formula is C13H14BrFN4S. The number of nitrogens with one attached hydrogen (secondary N) is 1. The van der Waals surface area contributed by atoms with E-state index in [1.165, 1.54) is 0 Å². The van der Waals surface area contributed by atoms with Gasteiger partial charge in [0.25, 0.3) is 0 Å². The van der Waals surface area contributed by atoms with Gasteiger partial charge in [0.15, 0.2) is 5.82 Å². The second kappa shape index (κ2) is 6.32. The molecule has 20 heavy (non-hydrogen) atoms. The summed E-state index contributed by atoms with van der Waals surface area (Å²) in [6, 6.07) is 3.33. The van der Waals surface area contributed by atoms with Crippen LogP contribution in [0.3, 0.4) is 0 Å². The number of benzene rings is 1. The average molecular weight is 357 g/mol. The average Bonchev–Trinajstić information content (AvgIpc) is 2.80. The first-order chi connectivity index (χ1) is 9.50. The van der Waals surface area contributed by atoms with Crippen LogP contribution in [0.4, 0.5) is 10.1 Å². The highest BCUT2D eigenvalue weighted by Gasteiger charge is 2.12. The molecular weight excluding hydrogens is 343 g/mol. The molecule has 1 heterocycles. The highest BCUT2D eigenvalue weighted by molar-refractivity contribution is 9.10. The molecule has 0 unspecified atom stereocenters. The van der Waals surface area contributed by atoms with Crippen molar-refractivity contribution in [3.63, 3.8) is 0 Å². The number of hydrogen-bond donors (Lipinski definition) is 2. The van der Waals surface area contributed by atoms with E-state index in [-0.39, 0.29) is 9.46 Å². The van der Waals surface area contributed by atoms with Crippen LogP contribution in [0.2, 0.25) is 0 Å². The first-order valence-corrected chi connectivity index (χ1v) is 7.18. The van der Waals surface area contributed by atoms with Crippen LogP contribution in [0.5, 0.6) is 0 Å². The molecule has 0 saturated heterocycles. The summed E-state index contributed by atoms with van der Waals surface area (Å²) in [6.45, 7) is 0.584. The summed E-state index contributed by atoms with van der Waals surface area (Å²) >= 11 is 8.03. The van der Waals surface area contributed by atoms with E-state index in [4.69, 9.17) is 18.0 Å². The minimum atomic E-state index is -0.393. The topological polar surface area (TPSA) is 55.9 Å². The van der Waals surface area contributed by atoms with Crippen LogP contribution < -0.4 is 11.1 Å². The van der Waals surface area contributed by atoms with Gasteiger partial charge in [0.05, 0.1) is 10.2 Å². The molecule has 0 aliphatic rings. The molecule has 2 rings (SSSR count). The fourth-order valence-corrected chi connectivity index (χ4v) is 2.68. The van der Waals surface area contributed by atoms with Crippen molar-refractivity contribution in [1.82, 2.24) is 9.55 Å². The number of thiocarbonyl (C=S) groups is 1. The van der Waals surface area contributed by atoms with E-state index in [1.54, 1.807) is 18.3 Å². The van der Waals surface area contributed by atoms with Gasteiger partial charge in [-0.1, -0.05) is 12.2 Å². The van der Waals surface area contributed by atoms with Gasteiger partial charge in [-0.25, -0.2) is 9.37 Å². The number of anilines is 1. The molecule has 1 aromatic heterocycles. The van der Waals surface area contributed by atoms with Crippen LogP contribution >= 0.6 is 28.1 Å². The third-order valence-electron chi connectivity index (χ3n) is 2.93. The van der Waals surface area contributed by atoms with Crippen molar-refractivity contribution in [2.24, 2.45) is 12.8 Å². The van der Waals surface area contributed by atoms with Crippen molar-refractivity contribution in [2.45, 2.75) is 6.42 Å². The number of hydrogen-bond acceptors (Lipinski definition) is 3. The quantitative estimate of drug-likeness (QED) is 0.808. The zero-order chi connectivity index (χ0) is 14.7. The molecule has 4 nitrogen and oxygen atoms in total. The molecule has 7 heteroatoms. The van der Waals surface area contributed by atoms with Gasteiger partial charge < -0.3 is 15.6 Å². The summed E-state index contributed by atoms with van der Waals surface area (Å²) < 4.78 is 16.3. The summed E-state index contributed by atoms with van der Waals surface area (Å²) in [6.07, 6.45) is 4.32. The maximum Gasteiger partial charge on any atom is 0.161 e. The van der Waals surface area contributed by atoms with Gasteiger partial charge in [-0.05, 0) is 28.1 Å². The van der Waals surface area contributed by atoms with Crippen molar-refractivity contribution >= 4 is 38.8 Å². The first-order valence-electron chi connectivity index (χ1n) is 5.98. The van der Waals surface area contributed by atoms with Crippen molar-refractivity contribution in [3.05, 3.63) is 46.2 Å². The number of halogens is 2. The van der Waals surface area contributed by atoms with Crippen LogP contribution in [0.25, 0.3) is 0 Å². The summed E-state index contributed by atoms with van der Waals surface area (Å²) in [5.74, 6) is 0.548. The Labute approximate surface area is 130 Å². The standard InChI is InChI=1S/C13H14BrFN4S/c1-19-7-6-18-10(19)4-5-17-9-3-2-8(13(16)20)11(14)12(9)15/h2-3,6-7,17H,4-5H2,1H3,(H2,16,20). The number of nitrogens with zero attached hydrogens (tertiary/aromatic N) is 2. The zero-order valence-electron chi connectivity index (χ0n) is 10.9. The maximum absolute atomic E-state index is 14.1. The lowest BCUT2D eigenvalue weighted by Gasteiger charge is -2.11. The van der Waals surface area contributed by atoms with Gasteiger partial charge in [0.1, 0.15) is 10.8 Å². The highest BCUT2D eigenvalue weighted by Crippen LogP contribution is 2.27. The van der Waals surface area contributed by atoms with Gasteiger partial charge in [0, 0.05) is 38.0 Å². The van der Waals surface area contributed by atoms with Gasteiger partial charge in [-0.3, -0.25) is 0 Å². The van der Waals surface area contributed by atoms with E-state index >= 15 is 0 Å². The van der Waals surface area contributed by atoms with Crippen molar-refractivity contribution < 1.29 is 4.39 Å². The SMILES string of the molecule is Cn1ccnc1CCNc1ccc(C(N)=S)c(Br)c1F. The van der Waals surface area contributed by atoms with Gasteiger partial charge in [-0.15, -0.1) is 0 Å². The van der Waals surface area contributed by atoms with Gasteiger partial charge in [-0.2, -0.15) is 0 Å². The fraction of sp³-hybridized carbons (Fsp3) is 0.231. The van der Waals surface area contributed by atoms with Gasteiger partial charge in [0.2, 0.25) is 0 Å². The van der Waals surface area contributed by atoms with E-state index in [9.17, 15) is 4.39 Å². The number of nitrogens with two attached hydrogens (primary N) is 1. The molecule has 106 valence electrons. The van der Waals surface area contributed by atoms with Crippen molar-refractivity contribution in [3.8, 4) is 0 Å². The predicted molar refractivity (Wildman–Crippen MR) is 85.4 cm³/mol. The molecule has 1 aromatic carbocycles. The third kappa shape index (κ3) is 3.16. The minimum Gasteiger partial charge on any atom is -0.389 e. The molecule has 0 spiro atoms. The molecule has 0 aliphatic heterocycles. The molecule has 2 aromatic rings. The largest absolute Gasteiger partial charge is 0.389 e. The summed E-state index contributed by atoms with van der Waals surface area (Å²) in [4.78, 5) is 4.37. The first kappa shape index (κ1) is 14.9. The Bertz CT molecular complexity index is 641. The van der Waals surface area contributed by atoms with Crippen molar-refractivity contribution in [1.29, 1.82) is 0 Å². The van der Waals surface area contributed by atoms with Crippen LogP contribution in [-0.2, 0) is 13.5 Å². The summed E-state index contributed by atoms with van der Waals surface area (Å²) in [5.41, 5.74) is 6.42. The van der Waals surface area contributed by atoms with E-state index in [0.717, 1.165) is 5.82 Å². The lowest BCUT2D eigenvalue weighted by molar-refractivity contribution is 0.622. The summed E-state index contributed by atoms with van der Waals surface area (Å²) in [7, 11) is 1.93. The molecule has 0 radical (unpaired) electrons. The lowest BCUT2D eigenvalue weighted by atomic mass is 10.2. The number of imidazole rings is 1. The van der Waals surface area contributed by atoms with E-state index in [2.05, 4.69) is 26.2 Å². The Hall–Kier alpha value is -1.47. The number of rotatable bonds is 5. The fourth-order valence-electron chi connectivity index (χ4n) is 1.82. The Balaban J connectivity index is 2.05. The Morgan fingerprint density at radius 2 is 2.30 bits per heavy atom. The number of aryl methyl sites for hydroxylation is 1. The van der Waals surface area contributed by atoms with Crippen LogP contribution in [0.1, 0.15) is 11.4 Å². The molecule has 0 amide bonds. The van der Waals surface area contributed by atoms with Crippen LogP contribution in [0, 0.1) is 5.82 Å². The zero-order valence-corrected chi connectivity index (χ0v) is 13.3. The highest BCUT2D eigenvalue weighted by atomic mass is 79.9. The van der Waals surface area contributed by atoms with Crippen LogP contribution in [-0.4, -0.2) is 21.1 Å². The second-order valence-electron chi connectivity index (χ2n) is 4.28.